The minimum atomic E-state index is -0.568. The Bertz CT molecular complexity index is 393. The number of nitrogens with one attached hydrogen (secondary N) is 1. The van der Waals surface area contributed by atoms with Gasteiger partial charge in [-0.05, 0) is 34.6 Å². The third-order valence-electron chi connectivity index (χ3n) is 2.23. The number of rotatable bonds is 7. The number of hydrogen-bond donors (Lipinski definition) is 1. The lowest BCUT2D eigenvalue weighted by Crippen LogP contribution is -2.44. The van der Waals surface area contributed by atoms with Gasteiger partial charge in [0.1, 0.15) is 12.7 Å². The molecule has 0 aliphatic carbocycles. The normalized spacial score (nSPS) is 12.4. The highest BCUT2D eigenvalue weighted by Gasteiger charge is 2.20. The van der Waals surface area contributed by atoms with E-state index in [1.807, 2.05) is 20.8 Å². The summed E-state index contributed by atoms with van der Waals surface area (Å²) in [5.74, 6) is -1.01. The summed E-state index contributed by atoms with van der Waals surface area (Å²) in [5, 5.41) is 3.20. The molecule has 0 radical (unpaired) electrons. The van der Waals surface area contributed by atoms with Crippen molar-refractivity contribution in [1.82, 2.24) is 5.32 Å². The lowest BCUT2D eigenvalue weighted by atomic mass is 10.1. The van der Waals surface area contributed by atoms with Crippen molar-refractivity contribution in [3.8, 4) is 0 Å². The highest BCUT2D eigenvalue weighted by molar-refractivity contribution is 5.87. The van der Waals surface area contributed by atoms with Crippen molar-refractivity contribution in [2.75, 3.05) is 13.2 Å². The van der Waals surface area contributed by atoms with Crippen LogP contribution < -0.4 is 5.32 Å². The zero-order valence-corrected chi connectivity index (χ0v) is 13.0. The number of esters is 2. The van der Waals surface area contributed by atoms with Gasteiger partial charge >= 0.3 is 11.9 Å². The average molecular weight is 283 g/mol. The first kappa shape index (κ1) is 18.4. The molecule has 0 aliphatic heterocycles. The highest BCUT2D eigenvalue weighted by atomic mass is 16.6. The monoisotopic (exact) mass is 283 g/mol. The van der Waals surface area contributed by atoms with E-state index in [1.165, 1.54) is 0 Å². The third kappa shape index (κ3) is 8.48. The van der Waals surface area contributed by atoms with Crippen LogP contribution in [0.15, 0.2) is 24.3 Å². The molecule has 0 rings (SSSR count). The maximum atomic E-state index is 11.5. The molecular formula is C15H25NO4. The van der Waals surface area contributed by atoms with Crippen molar-refractivity contribution >= 4 is 11.9 Å². The van der Waals surface area contributed by atoms with Crippen LogP contribution in [0.25, 0.3) is 0 Å². The van der Waals surface area contributed by atoms with Crippen LogP contribution in [0.5, 0.6) is 0 Å². The summed E-state index contributed by atoms with van der Waals surface area (Å²) in [7, 11) is 0. The Hall–Kier alpha value is -1.62. The molecule has 0 aromatic carbocycles. The maximum Gasteiger partial charge on any atom is 0.333 e. The Balaban J connectivity index is 4.54. The van der Waals surface area contributed by atoms with Crippen molar-refractivity contribution < 1.29 is 19.1 Å². The van der Waals surface area contributed by atoms with Crippen molar-refractivity contribution in [1.29, 1.82) is 0 Å². The molecule has 0 saturated carbocycles. The summed E-state index contributed by atoms with van der Waals surface area (Å²) < 4.78 is 10.3. The second kappa shape index (κ2) is 7.85. The van der Waals surface area contributed by atoms with Gasteiger partial charge in [-0.3, -0.25) is 0 Å². The Labute approximate surface area is 121 Å². The number of carbonyl (C=O) groups excluding carboxylic acids is 2. The molecule has 0 aliphatic rings. The molecule has 1 unspecified atom stereocenters. The Morgan fingerprint density at radius 3 is 2.00 bits per heavy atom. The minimum absolute atomic E-state index is 0.0200. The standard InChI is InChI=1S/C15H25NO4/c1-10(2)13(17)19-9-12(8-16-15(5,6)7)20-14(18)11(3)4/h12,16H,1,3,8-9H2,2,4-7H3. The number of hydrogen-bond acceptors (Lipinski definition) is 5. The quantitative estimate of drug-likeness (QED) is 0.572. The van der Waals surface area contributed by atoms with Gasteiger partial charge in [-0.25, -0.2) is 9.59 Å². The van der Waals surface area contributed by atoms with Crippen LogP contribution in [0.4, 0.5) is 0 Å². The van der Waals surface area contributed by atoms with E-state index in [0.717, 1.165) is 0 Å². The summed E-state index contributed by atoms with van der Waals surface area (Å²) in [6, 6.07) is 0. The van der Waals surface area contributed by atoms with Gasteiger partial charge in [0.2, 0.25) is 0 Å². The smallest absolute Gasteiger partial charge is 0.333 e. The number of carbonyl (C=O) groups is 2. The number of ether oxygens (including phenoxy) is 2. The van der Waals surface area contributed by atoms with Gasteiger partial charge in [-0.2, -0.15) is 0 Å². The van der Waals surface area contributed by atoms with Gasteiger partial charge in [0.25, 0.3) is 0 Å². The van der Waals surface area contributed by atoms with Crippen LogP contribution in [-0.2, 0) is 19.1 Å². The topological polar surface area (TPSA) is 64.6 Å². The van der Waals surface area contributed by atoms with Gasteiger partial charge in [0.05, 0.1) is 0 Å². The molecule has 0 amide bonds. The molecule has 0 aromatic rings. The largest absolute Gasteiger partial charge is 0.458 e. The summed E-state index contributed by atoms with van der Waals surface area (Å²) >= 11 is 0. The fourth-order valence-electron chi connectivity index (χ4n) is 1.10. The van der Waals surface area contributed by atoms with Crippen LogP contribution in [0, 0.1) is 0 Å². The predicted octanol–water partition coefficient (Wildman–Crippen LogP) is 1.98. The van der Waals surface area contributed by atoms with Crippen LogP contribution in [0.2, 0.25) is 0 Å². The molecular weight excluding hydrogens is 258 g/mol. The molecule has 1 atom stereocenters. The van der Waals surface area contributed by atoms with Gasteiger partial charge in [-0.15, -0.1) is 0 Å². The van der Waals surface area contributed by atoms with E-state index >= 15 is 0 Å². The molecule has 0 fully saturated rings. The highest BCUT2D eigenvalue weighted by Crippen LogP contribution is 2.04. The van der Waals surface area contributed by atoms with Crippen LogP contribution in [0.1, 0.15) is 34.6 Å². The molecule has 0 bridgehead atoms. The molecule has 20 heavy (non-hydrogen) atoms. The second-order valence-electron chi connectivity index (χ2n) is 5.82. The lowest BCUT2D eigenvalue weighted by molar-refractivity contribution is -0.153. The van der Waals surface area contributed by atoms with Crippen LogP contribution in [-0.4, -0.2) is 36.7 Å². The fourth-order valence-corrected chi connectivity index (χ4v) is 1.10. The van der Waals surface area contributed by atoms with E-state index in [4.69, 9.17) is 9.47 Å². The van der Waals surface area contributed by atoms with Gasteiger partial charge < -0.3 is 14.8 Å². The lowest BCUT2D eigenvalue weighted by Gasteiger charge is -2.25. The zero-order valence-electron chi connectivity index (χ0n) is 13.0. The van der Waals surface area contributed by atoms with Crippen molar-refractivity contribution in [3.63, 3.8) is 0 Å². The molecule has 0 aromatic heterocycles. The van der Waals surface area contributed by atoms with E-state index in [1.54, 1.807) is 13.8 Å². The molecule has 0 heterocycles. The first-order valence-electron chi connectivity index (χ1n) is 6.47. The summed E-state index contributed by atoms with van der Waals surface area (Å²) in [6.45, 7) is 16.5. The Morgan fingerprint density at radius 1 is 1.10 bits per heavy atom. The SMILES string of the molecule is C=C(C)C(=O)OCC(CNC(C)(C)C)OC(=O)C(=C)C. The molecule has 0 spiro atoms. The van der Waals surface area contributed by atoms with E-state index in [0.29, 0.717) is 17.7 Å². The minimum Gasteiger partial charge on any atom is -0.458 e. The maximum absolute atomic E-state index is 11.5. The Morgan fingerprint density at radius 2 is 1.60 bits per heavy atom. The first-order chi connectivity index (χ1) is 9.03. The van der Waals surface area contributed by atoms with E-state index < -0.39 is 18.0 Å². The Kier molecular flexibility index (Phi) is 7.21. The molecule has 5 heteroatoms. The van der Waals surface area contributed by atoms with Gasteiger partial charge in [0, 0.05) is 23.2 Å². The fraction of sp³-hybridized carbons (Fsp3) is 0.600. The van der Waals surface area contributed by atoms with Crippen molar-refractivity contribution in [3.05, 3.63) is 24.3 Å². The first-order valence-corrected chi connectivity index (χ1v) is 6.47. The average Bonchev–Trinajstić information content (AvgIpc) is 2.30. The van der Waals surface area contributed by atoms with Crippen LogP contribution in [0.3, 0.4) is 0 Å². The molecule has 5 nitrogen and oxygen atoms in total. The summed E-state index contributed by atoms with van der Waals surface area (Å²) in [4.78, 5) is 22.9. The summed E-state index contributed by atoms with van der Waals surface area (Å²) in [6.07, 6.45) is -0.568. The van der Waals surface area contributed by atoms with Gasteiger partial charge in [-0.1, -0.05) is 13.2 Å². The van der Waals surface area contributed by atoms with Crippen molar-refractivity contribution in [2.24, 2.45) is 0 Å². The van der Waals surface area contributed by atoms with Gasteiger partial charge in [0.15, 0.2) is 0 Å². The predicted molar refractivity (Wildman–Crippen MR) is 78.2 cm³/mol. The molecule has 1 N–H and O–H groups in total. The molecule has 114 valence electrons. The van der Waals surface area contributed by atoms with E-state index in [9.17, 15) is 9.59 Å². The molecule has 0 saturated heterocycles. The third-order valence-corrected chi connectivity index (χ3v) is 2.23. The van der Waals surface area contributed by atoms with E-state index in [2.05, 4.69) is 18.5 Å². The summed E-state index contributed by atoms with van der Waals surface area (Å²) in [5.41, 5.74) is 0.474. The second-order valence-corrected chi connectivity index (χ2v) is 5.82. The zero-order chi connectivity index (χ0) is 15.9. The van der Waals surface area contributed by atoms with Crippen molar-refractivity contribution in [2.45, 2.75) is 46.3 Å². The van der Waals surface area contributed by atoms with Crippen LogP contribution >= 0.6 is 0 Å². The van der Waals surface area contributed by atoms with E-state index in [-0.39, 0.29) is 12.1 Å².